The monoisotopic (exact) mass is 228 g/mol. The predicted octanol–water partition coefficient (Wildman–Crippen LogP) is 2.45. The summed E-state index contributed by atoms with van der Waals surface area (Å²) in [6.45, 7) is 4.01. The van der Waals surface area contributed by atoms with Gasteiger partial charge in [-0.1, -0.05) is 36.8 Å². The number of nitrogen functional groups attached to an aromatic ring is 1. The molecule has 2 aromatic heterocycles. The third-order valence-corrected chi connectivity index (χ3v) is 3.03. The van der Waals surface area contributed by atoms with Gasteiger partial charge in [-0.25, -0.2) is 15.0 Å². The van der Waals surface area contributed by atoms with Gasteiger partial charge in [0, 0.05) is 5.92 Å². The second-order valence-electron chi connectivity index (χ2n) is 3.23. The van der Waals surface area contributed by atoms with Crippen LogP contribution in [0.1, 0.15) is 25.6 Å². The average molecular weight is 229 g/mol. The first-order valence-electron chi connectivity index (χ1n) is 4.17. The number of hydrogen-bond acceptors (Lipinski definition) is 5. The third-order valence-electron chi connectivity index (χ3n) is 1.76. The third kappa shape index (κ3) is 1.53. The van der Waals surface area contributed by atoms with Gasteiger partial charge in [-0.2, -0.15) is 0 Å². The molecule has 0 radical (unpaired) electrons. The molecule has 0 unspecified atom stereocenters. The van der Waals surface area contributed by atoms with Crippen molar-refractivity contribution in [2.75, 3.05) is 5.73 Å². The summed E-state index contributed by atoms with van der Waals surface area (Å²) in [5.41, 5.74) is 6.16. The highest BCUT2D eigenvalue weighted by Crippen LogP contribution is 2.29. The number of rotatable bonds is 1. The number of thiazole rings is 1. The normalized spacial score (nSPS) is 11.4. The maximum Gasteiger partial charge on any atom is 0.182 e. The van der Waals surface area contributed by atoms with Crippen molar-refractivity contribution in [3.05, 3.63) is 11.0 Å². The van der Waals surface area contributed by atoms with Gasteiger partial charge in [0.1, 0.15) is 10.5 Å². The molecule has 0 aliphatic carbocycles. The highest BCUT2D eigenvalue weighted by atomic mass is 35.5. The maximum atomic E-state index is 5.98. The number of anilines is 1. The molecule has 74 valence electrons. The molecule has 0 bridgehead atoms. The molecule has 6 heteroatoms. The minimum Gasteiger partial charge on any atom is -0.375 e. The Bertz CT molecular complexity index is 479. The number of nitrogens with two attached hydrogens (primary N) is 1. The van der Waals surface area contributed by atoms with Crippen LogP contribution in [0.25, 0.3) is 10.3 Å². The predicted molar refractivity (Wildman–Crippen MR) is 58.7 cm³/mol. The fraction of sp³-hybridized carbons (Fsp3) is 0.375. The molecule has 2 aromatic rings. The van der Waals surface area contributed by atoms with Crippen molar-refractivity contribution in [3.63, 3.8) is 0 Å². The van der Waals surface area contributed by atoms with Crippen LogP contribution in [-0.2, 0) is 0 Å². The number of hydrogen-bond donors (Lipinski definition) is 1. The van der Waals surface area contributed by atoms with E-state index in [9.17, 15) is 0 Å². The minimum absolute atomic E-state index is 0.236. The molecule has 4 nitrogen and oxygen atoms in total. The molecule has 0 aliphatic rings. The van der Waals surface area contributed by atoms with Gasteiger partial charge in [0.15, 0.2) is 15.9 Å². The largest absolute Gasteiger partial charge is 0.375 e. The van der Waals surface area contributed by atoms with Crippen molar-refractivity contribution in [2.24, 2.45) is 0 Å². The van der Waals surface area contributed by atoms with Crippen molar-refractivity contribution in [1.29, 1.82) is 0 Å². The van der Waals surface area contributed by atoms with Crippen LogP contribution < -0.4 is 5.73 Å². The quantitative estimate of drug-likeness (QED) is 0.762. The van der Waals surface area contributed by atoms with Gasteiger partial charge < -0.3 is 5.73 Å². The summed E-state index contributed by atoms with van der Waals surface area (Å²) in [6.07, 6.45) is 0. The fourth-order valence-corrected chi connectivity index (χ4v) is 2.02. The summed E-state index contributed by atoms with van der Waals surface area (Å²) < 4.78 is 0.758. The first-order valence-corrected chi connectivity index (χ1v) is 5.37. The molecular weight excluding hydrogens is 220 g/mol. The molecule has 0 saturated heterocycles. The smallest absolute Gasteiger partial charge is 0.182 e. The Morgan fingerprint density at radius 2 is 2.00 bits per heavy atom. The second-order valence-corrected chi connectivity index (χ2v) is 4.62. The molecule has 0 aromatic carbocycles. The number of aromatic nitrogens is 3. The molecule has 0 saturated carbocycles. The lowest BCUT2D eigenvalue weighted by atomic mass is 10.2. The summed E-state index contributed by atoms with van der Waals surface area (Å²) in [5, 5.41) is 0.907. The zero-order chi connectivity index (χ0) is 10.3. The zero-order valence-electron chi connectivity index (χ0n) is 7.78. The SMILES string of the molecule is CC(C)c1nc(Cl)c2sc(N)nc2n1. The number of fused-ring (bicyclic) bond motifs is 1. The molecule has 2 rings (SSSR count). The van der Waals surface area contributed by atoms with E-state index in [4.69, 9.17) is 17.3 Å². The Balaban J connectivity index is 2.71. The standard InChI is InChI=1S/C8H9ClN4S/c1-3(2)6-11-5(9)4-7(12-6)13-8(10)14-4/h3H,1-2H3,(H2,10,11,12,13). The van der Waals surface area contributed by atoms with Gasteiger partial charge in [0.2, 0.25) is 0 Å². The molecule has 14 heavy (non-hydrogen) atoms. The van der Waals surface area contributed by atoms with Crippen LogP contribution >= 0.6 is 22.9 Å². The van der Waals surface area contributed by atoms with Crippen LogP contribution in [0.15, 0.2) is 0 Å². The molecule has 2 heterocycles. The van der Waals surface area contributed by atoms with E-state index in [2.05, 4.69) is 15.0 Å². The van der Waals surface area contributed by atoms with E-state index >= 15 is 0 Å². The maximum absolute atomic E-state index is 5.98. The lowest BCUT2D eigenvalue weighted by molar-refractivity contribution is 0.782. The number of halogens is 1. The summed E-state index contributed by atoms with van der Waals surface area (Å²) in [5.74, 6) is 0.938. The van der Waals surface area contributed by atoms with Crippen LogP contribution in [0.4, 0.5) is 5.13 Å². The van der Waals surface area contributed by atoms with Gasteiger partial charge in [0.05, 0.1) is 0 Å². The van der Waals surface area contributed by atoms with Crippen molar-refractivity contribution < 1.29 is 0 Å². The van der Waals surface area contributed by atoms with Crippen LogP contribution in [0.5, 0.6) is 0 Å². The summed E-state index contributed by atoms with van der Waals surface area (Å²) in [4.78, 5) is 12.5. The van der Waals surface area contributed by atoms with Gasteiger partial charge in [-0.05, 0) is 0 Å². The summed E-state index contributed by atoms with van der Waals surface area (Å²) in [7, 11) is 0. The van der Waals surface area contributed by atoms with E-state index < -0.39 is 0 Å². The van der Waals surface area contributed by atoms with Crippen LogP contribution in [0.3, 0.4) is 0 Å². The van der Waals surface area contributed by atoms with Gasteiger partial charge in [-0.15, -0.1) is 0 Å². The van der Waals surface area contributed by atoms with Gasteiger partial charge >= 0.3 is 0 Å². The van der Waals surface area contributed by atoms with Crippen LogP contribution in [0, 0.1) is 0 Å². The zero-order valence-corrected chi connectivity index (χ0v) is 9.35. The molecule has 2 N–H and O–H groups in total. The molecule has 0 aliphatic heterocycles. The average Bonchev–Trinajstić information content (AvgIpc) is 2.45. The van der Waals surface area contributed by atoms with Gasteiger partial charge in [-0.3, -0.25) is 0 Å². The van der Waals surface area contributed by atoms with E-state index in [-0.39, 0.29) is 5.92 Å². The highest BCUT2D eigenvalue weighted by Gasteiger charge is 2.12. The fourth-order valence-electron chi connectivity index (χ4n) is 1.08. The van der Waals surface area contributed by atoms with Crippen molar-refractivity contribution in [2.45, 2.75) is 19.8 Å². The lowest BCUT2D eigenvalue weighted by Crippen LogP contribution is -1.97. The van der Waals surface area contributed by atoms with E-state index in [0.29, 0.717) is 21.8 Å². The second kappa shape index (κ2) is 3.33. The highest BCUT2D eigenvalue weighted by molar-refractivity contribution is 7.22. The Labute approximate surface area is 90.2 Å². The topological polar surface area (TPSA) is 64.7 Å². The van der Waals surface area contributed by atoms with E-state index in [0.717, 1.165) is 4.70 Å². The van der Waals surface area contributed by atoms with E-state index in [1.165, 1.54) is 11.3 Å². The lowest BCUT2D eigenvalue weighted by Gasteiger charge is -2.02. The van der Waals surface area contributed by atoms with E-state index in [1.54, 1.807) is 0 Å². The van der Waals surface area contributed by atoms with E-state index in [1.807, 2.05) is 13.8 Å². The first-order chi connectivity index (χ1) is 6.58. The summed E-state index contributed by atoms with van der Waals surface area (Å²) in [6, 6.07) is 0. The van der Waals surface area contributed by atoms with Gasteiger partial charge in [0.25, 0.3) is 0 Å². The Morgan fingerprint density at radius 3 is 2.64 bits per heavy atom. The minimum atomic E-state index is 0.236. The molecular formula is C8H9ClN4S. The van der Waals surface area contributed by atoms with Crippen LogP contribution in [0.2, 0.25) is 5.15 Å². The molecule has 0 atom stereocenters. The van der Waals surface area contributed by atoms with Crippen LogP contribution in [-0.4, -0.2) is 15.0 Å². The Hall–Kier alpha value is -0.940. The molecule has 0 fully saturated rings. The Morgan fingerprint density at radius 1 is 1.29 bits per heavy atom. The molecule has 0 spiro atoms. The Kier molecular flexibility index (Phi) is 2.28. The number of nitrogens with zero attached hydrogens (tertiary/aromatic N) is 3. The molecule has 0 amide bonds. The van der Waals surface area contributed by atoms with Crippen molar-refractivity contribution in [3.8, 4) is 0 Å². The van der Waals surface area contributed by atoms with Crippen molar-refractivity contribution >= 4 is 38.4 Å². The summed E-state index contributed by atoms with van der Waals surface area (Å²) >= 11 is 7.29. The first kappa shape index (κ1) is 9.61. The van der Waals surface area contributed by atoms with Crippen molar-refractivity contribution in [1.82, 2.24) is 15.0 Å².